The lowest BCUT2D eigenvalue weighted by molar-refractivity contribution is -0.173. The van der Waals surface area contributed by atoms with E-state index in [0.29, 0.717) is 0 Å². The summed E-state index contributed by atoms with van der Waals surface area (Å²) in [5, 5.41) is 47.9. The van der Waals surface area contributed by atoms with Gasteiger partial charge in [-0.05, 0) is 51.4 Å². The molecule has 4 atom stereocenters. The largest absolute Gasteiger partial charge is 0.510 e. The Hall–Kier alpha value is -4.11. The number of carbonyl (C=O) groups excluding carboxylic acids is 3. The van der Waals surface area contributed by atoms with E-state index in [0.717, 1.165) is 0 Å². The molecule has 0 unspecified atom stereocenters. The smallest absolute Gasteiger partial charge is 0.425 e. The van der Waals surface area contributed by atoms with Gasteiger partial charge in [-0.25, -0.2) is 0 Å². The highest BCUT2D eigenvalue weighted by Crippen LogP contribution is 2.53. The van der Waals surface area contributed by atoms with Gasteiger partial charge in [0.15, 0.2) is 11.4 Å². The number of fused-ring (bicyclic) bond motifs is 3. The number of nitrogens with two attached hydrogens (primary N) is 2. The van der Waals surface area contributed by atoms with E-state index >= 15 is 0 Å². The molecule has 0 saturated heterocycles. The van der Waals surface area contributed by atoms with Gasteiger partial charge in [0.1, 0.15) is 22.8 Å². The van der Waals surface area contributed by atoms with Crippen molar-refractivity contribution in [2.75, 3.05) is 26.4 Å². The number of alkyl halides is 3. The van der Waals surface area contributed by atoms with Crippen molar-refractivity contribution < 1.29 is 52.8 Å². The summed E-state index contributed by atoms with van der Waals surface area (Å²) in [5.74, 6) is -8.33. The van der Waals surface area contributed by atoms with E-state index in [4.69, 9.17) is 11.5 Å². The summed E-state index contributed by atoms with van der Waals surface area (Å²) >= 11 is 0. The SMILES string of the molecule is C/C(=N\OCC(F)(F)F)c1cc(N)c(O)c2c1C[C@H]1C[C@H]3[C@H](N(C)C)C(O)=C(C(N)=O)C(=O)[C@@]3(O)C(O)=C1C2=O. The molecule has 12 nitrogen and oxygen atoms in total. The first-order valence-corrected chi connectivity index (χ1v) is 12.0. The lowest BCUT2D eigenvalue weighted by Crippen LogP contribution is -2.63. The number of allylic oxidation sites excluding steroid dienone is 1. The second-order valence-electron chi connectivity index (χ2n) is 10.2. The molecule has 3 aliphatic carbocycles. The lowest BCUT2D eigenvalue weighted by Gasteiger charge is -2.50. The van der Waals surface area contributed by atoms with Crippen molar-refractivity contribution in [3.05, 3.63) is 45.4 Å². The average molecular weight is 569 g/mol. The van der Waals surface area contributed by atoms with Crippen LogP contribution in [0.4, 0.5) is 18.9 Å². The highest BCUT2D eigenvalue weighted by Gasteiger charge is 2.63. The van der Waals surface area contributed by atoms with Gasteiger partial charge >= 0.3 is 6.18 Å². The standard InChI is InChI=1S/C25H27F3N4O8/c1-8(31-40-7-24(26,27)28)10-6-13(29)18(33)15-11(10)4-9-5-12-17(32(2)3)20(35)16(23(30)38)22(37)25(12,39)21(36)14(9)19(15)34/h6,9,12,17,33,35-36,39H,4-5,7,29H2,1-3H3,(H2,30,38)/b31-8+/t9-,12-,17-,25-/m0/s1. The van der Waals surface area contributed by atoms with Crippen molar-refractivity contribution in [3.63, 3.8) is 0 Å². The van der Waals surface area contributed by atoms with E-state index in [2.05, 4.69) is 9.99 Å². The number of aliphatic hydroxyl groups excluding tert-OH is 2. The Bertz CT molecular complexity index is 1430. The van der Waals surface area contributed by atoms with Crippen molar-refractivity contribution in [2.24, 2.45) is 22.7 Å². The Morgan fingerprint density at radius 3 is 2.42 bits per heavy atom. The van der Waals surface area contributed by atoms with Crippen LogP contribution in [0, 0.1) is 11.8 Å². The number of hydrogen-bond acceptors (Lipinski definition) is 11. The normalized spacial score (nSPS) is 27.0. The number of benzene rings is 1. The number of carbonyl (C=O) groups is 3. The Morgan fingerprint density at radius 1 is 1.25 bits per heavy atom. The second-order valence-corrected chi connectivity index (χ2v) is 10.2. The summed E-state index contributed by atoms with van der Waals surface area (Å²) in [5.41, 5.74) is 6.43. The van der Waals surface area contributed by atoms with Crippen LogP contribution in [-0.2, 0) is 20.8 Å². The van der Waals surface area contributed by atoms with Crippen LogP contribution in [0.5, 0.6) is 5.75 Å². The number of oxime groups is 1. The molecule has 8 N–H and O–H groups in total. The maximum absolute atomic E-state index is 13.7. The summed E-state index contributed by atoms with van der Waals surface area (Å²) in [4.78, 5) is 44.9. The third kappa shape index (κ3) is 4.25. The number of primary amides is 1. The summed E-state index contributed by atoms with van der Waals surface area (Å²) < 4.78 is 37.6. The Morgan fingerprint density at radius 2 is 1.88 bits per heavy atom. The van der Waals surface area contributed by atoms with Crippen LogP contribution < -0.4 is 11.5 Å². The third-order valence-electron chi connectivity index (χ3n) is 7.57. The highest BCUT2D eigenvalue weighted by molar-refractivity contribution is 6.25. The van der Waals surface area contributed by atoms with Crippen molar-refractivity contribution >= 4 is 28.9 Å². The van der Waals surface area contributed by atoms with Crippen LogP contribution in [0.3, 0.4) is 0 Å². The van der Waals surface area contributed by atoms with Crippen molar-refractivity contribution in [1.29, 1.82) is 0 Å². The number of hydrogen-bond donors (Lipinski definition) is 6. The summed E-state index contributed by atoms with van der Waals surface area (Å²) in [6.07, 6.45) is -4.93. The first kappa shape index (κ1) is 28.9. The zero-order valence-corrected chi connectivity index (χ0v) is 21.5. The Kier molecular flexibility index (Phi) is 6.87. The molecule has 1 aromatic carbocycles. The number of aromatic hydroxyl groups is 1. The topological polar surface area (TPSA) is 209 Å². The van der Waals surface area contributed by atoms with E-state index in [1.807, 2.05) is 0 Å². The predicted molar refractivity (Wildman–Crippen MR) is 132 cm³/mol. The number of likely N-dealkylation sites (N-methyl/N-ethyl adjacent to an activating group) is 1. The summed E-state index contributed by atoms with van der Waals surface area (Å²) in [6, 6.07) is 0.0366. The van der Waals surface area contributed by atoms with Gasteiger partial charge in [-0.2, -0.15) is 13.2 Å². The van der Waals surface area contributed by atoms with Crippen molar-refractivity contribution in [1.82, 2.24) is 4.90 Å². The minimum atomic E-state index is -4.65. The van der Waals surface area contributed by atoms with E-state index in [1.165, 1.54) is 32.0 Å². The molecule has 4 rings (SSSR count). The molecule has 0 heterocycles. The van der Waals surface area contributed by atoms with Crippen LogP contribution >= 0.6 is 0 Å². The molecule has 15 heteroatoms. The monoisotopic (exact) mass is 568 g/mol. The molecular weight excluding hydrogens is 541 g/mol. The van der Waals surface area contributed by atoms with E-state index in [1.54, 1.807) is 0 Å². The van der Waals surface area contributed by atoms with Gasteiger partial charge in [0.05, 0.1) is 23.0 Å². The fourth-order valence-corrected chi connectivity index (χ4v) is 5.91. The maximum Gasteiger partial charge on any atom is 0.425 e. The molecule has 0 aromatic heterocycles. The zero-order chi connectivity index (χ0) is 30.1. The Balaban J connectivity index is 1.90. The van der Waals surface area contributed by atoms with Crippen LogP contribution in [0.15, 0.2) is 33.9 Å². The number of rotatable bonds is 5. The van der Waals surface area contributed by atoms with Gasteiger partial charge in [0.25, 0.3) is 5.91 Å². The number of aliphatic hydroxyl groups is 3. The van der Waals surface area contributed by atoms with Crippen molar-refractivity contribution in [3.8, 4) is 5.75 Å². The molecule has 0 aliphatic heterocycles. The molecule has 0 spiro atoms. The number of phenols is 1. The minimum absolute atomic E-state index is 0.0883. The zero-order valence-electron chi connectivity index (χ0n) is 21.5. The fraction of sp³-hybridized carbons (Fsp3) is 0.440. The van der Waals surface area contributed by atoms with Crippen LogP contribution in [0.2, 0.25) is 0 Å². The van der Waals surface area contributed by atoms with Crippen molar-refractivity contribution in [2.45, 2.75) is 37.6 Å². The van der Waals surface area contributed by atoms with Gasteiger partial charge in [-0.3, -0.25) is 19.3 Å². The number of anilines is 1. The minimum Gasteiger partial charge on any atom is -0.510 e. The first-order chi connectivity index (χ1) is 18.4. The van der Waals surface area contributed by atoms with Gasteiger partial charge in [0.2, 0.25) is 12.4 Å². The number of phenolic OH excluding ortho intramolecular Hbond substituents is 1. The highest BCUT2D eigenvalue weighted by atomic mass is 19.4. The molecule has 1 amide bonds. The number of nitrogens with zero attached hydrogens (tertiary/aromatic N) is 2. The lowest BCUT2D eigenvalue weighted by atomic mass is 9.58. The number of halogens is 3. The molecule has 216 valence electrons. The Labute approximate surface area is 225 Å². The first-order valence-electron chi connectivity index (χ1n) is 12.0. The molecule has 0 fully saturated rings. The number of Topliss-reactive ketones (excluding diaryl/α,β-unsaturated/α-hetero) is 2. The van der Waals surface area contributed by atoms with Crippen LogP contribution in [0.25, 0.3) is 0 Å². The predicted octanol–water partition coefficient (Wildman–Crippen LogP) is 1.01. The number of ketones is 2. The molecule has 40 heavy (non-hydrogen) atoms. The maximum atomic E-state index is 13.7. The van der Waals surface area contributed by atoms with Gasteiger partial charge in [-0.1, -0.05) is 5.16 Å². The van der Waals surface area contributed by atoms with E-state index in [-0.39, 0.29) is 35.4 Å². The van der Waals surface area contributed by atoms with E-state index in [9.17, 15) is 48.0 Å². The molecule has 3 aliphatic rings. The average Bonchev–Trinajstić information content (AvgIpc) is 2.82. The van der Waals surface area contributed by atoms with Gasteiger partial charge < -0.3 is 36.7 Å². The van der Waals surface area contributed by atoms with Crippen LogP contribution in [-0.4, -0.2) is 87.0 Å². The molecule has 0 saturated carbocycles. The summed E-state index contributed by atoms with van der Waals surface area (Å²) in [7, 11) is 2.99. The second kappa shape index (κ2) is 9.52. The van der Waals surface area contributed by atoms with E-state index < -0.39 is 87.7 Å². The van der Waals surface area contributed by atoms with Gasteiger partial charge in [0, 0.05) is 17.1 Å². The van der Waals surface area contributed by atoms with Crippen LogP contribution in [0.1, 0.15) is 34.8 Å². The molecular formula is C25H27F3N4O8. The number of amides is 1. The summed E-state index contributed by atoms with van der Waals surface area (Å²) in [6.45, 7) is -0.363. The molecule has 1 aromatic rings. The third-order valence-corrected chi connectivity index (χ3v) is 7.57. The molecule has 0 bridgehead atoms. The van der Waals surface area contributed by atoms with Gasteiger partial charge in [-0.15, -0.1) is 0 Å². The fourth-order valence-electron chi connectivity index (χ4n) is 5.91. The quantitative estimate of drug-likeness (QED) is 0.0976. The number of nitrogen functional groups attached to an aromatic ring is 1. The molecule has 0 radical (unpaired) electrons.